The van der Waals surface area contributed by atoms with Crippen molar-refractivity contribution in [2.45, 2.75) is 0 Å². The monoisotopic (exact) mass is 297 g/mol. The van der Waals surface area contributed by atoms with E-state index >= 15 is 0 Å². The first-order valence-corrected chi connectivity index (χ1v) is 6.76. The first-order chi connectivity index (χ1) is 10.3. The summed E-state index contributed by atoms with van der Waals surface area (Å²) in [4.78, 5) is 7.78. The lowest BCUT2D eigenvalue weighted by atomic mass is 10.2. The Labute approximate surface area is 127 Å². The quantitative estimate of drug-likeness (QED) is 0.711. The molecular weight excluding hydrogens is 286 g/mol. The minimum atomic E-state index is 0.162. The van der Waals surface area contributed by atoms with Crippen molar-refractivity contribution in [2.75, 3.05) is 5.32 Å². The Balaban J connectivity index is 1.69. The van der Waals surface area contributed by atoms with Crippen LogP contribution in [0.2, 0.25) is 5.28 Å². The lowest BCUT2D eigenvalue weighted by molar-refractivity contribution is 0.461. The van der Waals surface area contributed by atoms with Crippen molar-refractivity contribution >= 4 is 23.0 Å². The molecule has 21 heavy (non-hydrogen) atoms. The number of halogens is 1. The van der Waals surface area contributed by atoms with E-state index in [0.717, 1.165) is 11.4 Å². The van der Waals surface area contributed by atoms with Gasteiger partial charge in [-0.15, -0.1) is 0 Å². The Bertz CT molecular complexity index is 717. The molecule has 0 amide bonds. The Morgan fingerprint density at radius 2 is 1.57 bits per heavy atom. The molecule has 0 spiro atoms. The van der Waals surface area contributed by atoms with E-state index in [1.54, 1.807) is 12.3 Å². The van der Waals surface area contributed by atoms with Crippen LogP contribution in [-0.4, -0.2) is 9.97 Å². The van der Waals surface area contributed by atoms with Gasteiger partial charge >= 0.3 is 0 Å². The van der Waals surface area contributed by atoms with Gasteiger partial charge in [-0.3, -0.25) is 0 Å². The summed E-state index contributed by atoms with van der Waals surface area (Å²) < 4.78 is 5.60. The van der Waals surface area contributed by atoms with Crippen LogP contribution in [0.3, 0.4) is 0 Å². The third-order valence-electron chi connectivity index (χ3n) is 2.74. The SMILES string of the molecule is Clc1nccc(Oc2ccc(Nc3ccccc3)cc2)n1. The molecular formula is C16H12ClN3O. The average molecular weight is 298 g/mol. The molecule has 0 saturated heterocycles. The van der Waals surface area contributed by atoms with Gasteiger partial charge in [-0.2, -0.15) is 4.98 Å². The Morgan fingerprint density at radius 1 is 0.857 bits per heavy atom. The molecule has 5 heteroatoms. The second-order valence-corrected chi connectivity index (χ2v) is 4.62. The van der Waals surface area contributed by atoms with Crippen LogP contribution < -0.4 is 10.1 Å². The molecule has 0 bridgehead atoms. The molecule has 0 fully saturated rings. The normalized spacial score (nSPS) is 10.1. The van der Waals surface area contributed by atoms with Crippen molar-refractivity contribution in [1.29, 1.82) is 0 Å². The fourth-order valence-electron chi connectivity index (χ4n) is 1.79. The second-order valence-electron chi connectivity index (χ2n) is 4.28. The van der Waals surface area contributed by atoms with Crippen LogP contribution in [0.25, 0.3) is 0 Å². The molecule has 1 N–H and O–H groups in total. The maximum absolute atomic E-state index is 5.71. The minimum Gasteiger partial charge on any atom is -0.439 e. The van der Waals surface area contributed by atoms with Gasteiger partial charge in [0.1, 0.15) is 5.75 Å². The van der Waals surface area contributed by atoms with Crippen LogP contribution in [-0.2, 0) is 0 Å². The van der Waals surface area contributed by atoms with Gasteiger partial charge in [0.15, 0.2) is 0 Å². The zero-order valence-corrected chi connectivity index (χ0v) is 11.8. The molecule has 0 atom stereocenters. The Hall–Kier alpha value is -2.59. The van der Waals surface area contributed by atoms with E-state index in [9.17, 15) is 0 Å². The van der Waals surface area contributed by atoms with Crippen molar-refractivity contribution in [3.05, 3.63) is 72.1 Å². The van der Waals surface area contributed by atoms with Gasteiger partial charge in [-0.1, -0.05) is 18.2 Å². The molecule has 0 aliphatic rings. The fourth-order valence-corrected chi connectivity index (χ4v) is 1.93. The van der Waals surface area contributed by atoms with E-state index in [-0.39, 0.29) is 5.28 Å². The number of anilines is 2. The highest BCUT2D eigenvalue weighted by molar-refractivity contribution is 6.28. The van der Waals surface area contributed by atoms with Gasteiger partial charge in [0.2, 0.25) is 11.2 Å². The van der Waals surface area contributed by atoms with E-state index in [0.29, 0.717) is 11.6 Å². The maximum atomic E-state index is 5.71. The highest BCUT2D eigenvalue weighted by Crippen LogP contribution is 2.23. The van der Waals surface area contributed by atoms with Crippen molar-refractivity contribution in [1.82, 2.24) is 9.97 Å². The molecule has 104 valence electrons. The topological polar surface area (TPSA) is 47.0 Å². The molecule has 1 aromatic heterocycles. The predicted octanol–water partition coefficient (Wildman–Crippen LogP) is 4.67. The summed E-state index contributed by atoms with van der Waals surface area (Å²) in [6, 6.07) is 19.2. The summed E-state index contributed by atoms with van der Waals surface area (Å²) in [6.45, 7) is 0. The maximum Gasteiger partial charge on any atom is 0.225 e. The Morgan fingerprint density at radius 3 is 2.29 bits per heavy atom. The van der Waals surface area contributed by atoms with Gasteiger partial charge in [0.05, 0.1) is 0 Å². The molecule has 3 aromatic rings. The van der Waals surface area contributed by atoms with Gasteiger partial charge in [-0.05, 0) is 48.0 Å². The number of para-hydroxylation sites is 1. The van der Waals surface area contributed by atoms with Crippen molar-refractivity contribution in [3.8, 4) is 11.6 Å². The smallest absolute Gasteiger partial charge is 0.225 e. The summed E-state index contributed by atoms with van der Waals surface area (Å²) in [5.74, 6) is 1.10. The minimum absolute atomic E-state index is 0.162. The molecule has 0 saturated carbocycles. The lowest BCUT2D eigenvalue weighted by Crippen LogP contribution is -1.91. The number of rotatable bonds is 4. The first kappa shape index (κ1) is 13.4. The van der Waals surface area contributed by atoms with Gasteiger partial charge in [-0.25, -0.2) is 4.98 Å². The molecule has 1 heterocycles. The Kier molecular flexibility index (Phi) is 3.98. The zero-order valence-electron chi connectivity index (χ0n) is 11.0. The number of nitrogens with zero attached hydrogens (tertiary/aromatic N) is 2. The highest BCUT2D eigenvalue weighted by atomic mass is 35.5. The van der Waals surface area contributed by atoms with Gasteiger partial charge in [0.25, 0.3) is 0 Å². The third-order valence-corrected chi connectivity index (χ3v) is 2.92. The van der Waals surface area contributed by atoms with E-state index in [2.05, 4.69) is 15.3 Å². The highest BCUT2D eigenvalue weighted by Gasteiger charge is 2.01. The average Bonchev–Trinajstić information content (AvgIpc) is 2.50. The van der Waals surface area contributed by atoms with Crippen LogP contribution in [0.15, 0.2) is 66.9 Å². The third kappa shape index (κ3) is 3.70. The number of nitrogens with one attached hydrogen (secondary N) is 1. The summed E-state index contributed by atoms with van der Waals surface area (Å²) in [6.07, 6.45) is 1.55. The molecule has 0 aliphatic carbocycles. The van der Waals surface area contributed by atoms with Gasteiger partial charge < -0.3 is 10.1 Å². The number of hydrogen-bond donors (Lipinski definition) is 1. The zero-order chi connectivity index (χ0) is 14.5. The summed E-state index contributed by atoms with van der Waals surface area (Å²) in [5, 5.41) is 3.46. The number of hydrogen-bond acceptors (Lipinski definition) is 4. The van der Waals surface area contributed by atoms with E-state index in [4.69, 9.17) is 16.3 Å². The summed E-state index contributed by atoms with van der Waals surface area (Å²) >= 11 is 5.71. The number of ether oxygens (including phenoxy) is 1. The number of aromatic nitrogens is 2. The standard InChI is InChI=1S/C16H12ClN3O/c17-16-18-11-10-15(20-16)21-14-8-6-13(7-9-14)19-12-4-2-1-3-5-12/h1-11,19H. The fraction of sp³-hybridized carbons (Fsp3) is 0. The van der Waals surface area contributed by atoms with Crippen molar-refractivity contribution in [2.24, 2.45) is 0 Å². The van der Waals surface area contributed by atoms with Crippen LogP contribution in [0.4, 0.5) is 11.4 Å². The van der Waals surface area contributed by atoms with Gasteiger partial charge in [0, 0.05) is 23.6 Å². The molecule has 0 radical (unpaired) electrons. The van der Waals surface area contributed by atoms with E-state index in [1.165, 1.54) is 0 Å². The second kappa shape index (κ2) is 6.24. The molecule has 4 nitrogen and oxygen atoms in total. The molecule has 2 aromatic carbocycles. The van der Waals surface area contributed by atoms with Crippen LogP contribution >= 0.6 is 11.6 Å². The van der Waals surface area contributed by atoms with Crippen molar-refractivity contribution in [3.63, 3.8) is 0 Å². The summed E-state index contributed by atoms with van der Waals surface area (Å²) in [7, 11) is 0. The predicted molar refractivity (Wildman–Crippen MR) is 83.3 cm³/mol. The first-order valence-electron chi connectivity index (χ1n) is 6.38. The summed E-state index contributed by atoms with van der Waals surface area (Å²) in [5.41, 5.74) is 2.02. The van der Waals surface area contributed by atoms with Crippen LogP contribution in [0, 0.1) is 0 Å². The largest absolute Gasteiger partial charge is 0.439 e. The number of benzene rings is 2. The van der Waals surface area contributed by atoms with E-state index in [1.807, 2.05) is 54.6 Å². The van der Waals surface area contributed by atoms with E-state index < -0.39 is 0 Å². The van der Waals surface area contributed by atoms with Crippen LogP contribution in [0.5, 0.6) is 11.6 Å². The molecule has 0 aliphatic heterocycles. The molecule has 3 rings (SSSR count). The van der Waals surface area contributed by atoms with Crippen LogP contribution in [0.1, 0.15) is 0 Å². The lowest BCUT2D eigenvalue weighted by Gasteiger charge is -2.08. The van der Waals surface area contributed by atoms with Crippen molar-refractivity contribution < 1.29 is 4.74 Å². The molecule has 0 unspecified atom stereocenters.